The van der Waals surface area contributed by atoms with Crippen LogP contribution in [0, 0.1) is 5.82 Å². The van der Waals surface area contributed by atoms with Gasteiger partial charge in [-0.1, -0.05) is 28.1 Å². The van der Waals surface area contributed by atoms with Crippen molar-refractivity contribution in [3.63, 3.8) is 0 Å². The quantitative estimate of drug-likeness (QED) is 0.828. The van der Waals surface area contributed by atoms with Crippen LogP contribution in [0.5, 0.6) is 0 Å². The molecule has 2 aromatic rings. The van der Waals surface area contributed by atoms with Crippen LogP contribution in [0.1, 0.15) is 15.9 Å². The van der Waals surface area contributed by atoms with Crippen LogP contribution in [-0.4, -0.2) is 18.5 Å². The third-order valence-electron chi connectivity index (χ3n) is 2.82. The first kappa shape index (κ1) is 16.2. The van der Waals surface area contributed by atoms with Gasteiger partial charge in [0.25, 0.3) is 5.91 Å². The van der Waals surface area contributed by atoms with E-state index < -0.39 is 17.7 Å². The molecule has 0 aliphatic carbocycles. The third-order valence-corrected chi connectivity index (χ3v) is 3.35. The number of amides is 1. The standard InChI is InChI=1S/C16H13BrFNO3/c17-13-5-1-11(2-6-13)9-19-15(20)10-22-16(21)12-3-7-14(18)8-4-12/h1-8H,9-10H2,(H,19,20). The number of ether oxygens (including phenoxy) is 1. The monoisotopic (exact) mass is 365 g/mol. The summed E-state index contributed by atoms with van der Waals surface area (Å²) in [6.07, 6.45) is 0. The zero-order chi connectivity index (χ0) is 15.9. The number of halogens is 2. The molecule has 1 N–H and O–H groups in total. The highest BCUT2D eigenvalue weighted by Crippen LogP contribution is 2.10. The maximum absolute atomic E-state index is 12.7. The van der Waals surface area contributed by atoms with E-state index in [4.69, 9.17) is 4.74 Å². The van der Waals surface area contributed by atoms with E-state index in [0.29, 0.717) is 6.54 Å². The van der Waals surface area contributed by atoms with Gasteiger partial charge in [0.15, 0.2) is 6.61 Å². The number of hydrogen-bond donors (Lipinski definition) is 1. The van der Waals surface area contributed by atoms with E-state index in [2.05, 4.69) is 21.2 Å². The molecular formula is C16H13BrFNO3. The van der Waals surface area contributed by atoms with Crippen molar-refractivity contribution >= 4 is 27.8 Å². The summed E-state index contributed by atoms with van der Waals surface area (Å²) in [5, 5.41) is 2.64. The normalized spacial score (nSPS) is 10.1. The van der Waals surface area contributed by atoms with Crippen molar-refractivity contribution < 1.29 is 18.7 Å². The van der Waals surface area contributed by atoms with Crippen molar-refractivity contribution in [3.8, 4) is 0 Å². The molecule has 0 radical (unpaired) electrons. The summed E-state index contributed by atoms with van der Waals surface area (Å²) in [5.41, 5.74) is 1.13. The maximum Gasteiger partial charge on any atom is 0.338 e. The van der Waals surface area contributed by atoms with Crippen molar-refractivity contribution in [3.05, 3.63) is 69.9 Å². The number of carbonyl (C=O) groups excluding carboxylic acids is 2. The fourth-order valence-electron chi connectivity index (χ4n) is 1.65. The molecule has 0 unspecified atom stereocenters. The highest BCUT2D eigenvalue weighted by molar-refractivity contribution is 9.10. The fraction of sp³-hybridized carbons (Fsp3) is 0.125. The van der Waals surface area contributed by atoms with Crippen LogP contribution in [-0.2, 0) is 16.1 Å². The molecule has 2 aromatic carbocycles. The van der Waals surface area contributed by atoms with Crippen LogP contribution in [0.4, 0.5) is 4.39 Å². The summed E-state index contributed by atoms with van der Waals surface area (Å²) in [7, 11) is 0. The molecule has 0 saturated carbocycles. The molecule has 2 rings (SSSR count). The molecule has 0 spiro atoms. The third kappa shape index (κ3) is 4.96. The van der Waals surface area contributed by atoms with Crippen LogP contribution in [0.15, 0.2) is 53.0 Å². The summed E-state index contributed by atoms with van der Waals surface area (Å²) < 4.78 is 18.5. The first-order chi connectivity index (χ1) is 10.5. The number of esters is 1. The second-order valence-electron chi connectivity index (χ2n) is 4.49. The lowest BCUT2D eigenvalue weighted by Gasteiger charge is -2.07. The second kappa shape index (κ2) is 7.70. The molecule has 0 saturated heterocycles. The van der Waals surface area contributed by atoms with Crippen molar-refractivity contribution in [1.82, 2.24) is 5.32 Å². The van der Waals surface area contributed by atoms with E-state index in [9.17, 15) is 14.0 Å². The lowest BCUT2D eigenvalue weighted by molar-refractivity contribution is -0.124. The largest absolute Gasteiger partial charge is 0.452 e. The number of carbonyl (C=O) groups is 2. The van der Waals surface area contributed by atoms with E-state index in [0.717, 1.165) is 22.2 Å². The average molecular weight is 366 g/mol. The molecule has 0 aliphatic rings. The Morgan fingerprint density at radius 1 is 1.05 bits per heavy atom. The van der Waals surface area contributed by atoms with Gasteiger partial charge < -0.3 is 10.1 Å². The lowest BCUT2D eigenvalue weighted by Crippen LogP contribution is -2.28. The Morgan fingerprint density at radius 3 is 2.32 bits per heavy atom. The second-order valence-corrected chi connectivity index (χ2v) is 5.40. The Balaban J connectivity index is 1.76. The first-order valence-corrected chi connectivity index (χ1v) is 7.28. The number of benzene rings is 2. The van der Waals surface area contributed by atoms with Crippen LogP contribution >= 0.6 is 15.9 Å². The minimum Gasteiger partial charge on any atom is -0.452 e. The van der Waals surface area contributed by atoms with E-state index in [1.807, 2.05) is 24.3 Å². The summed E-state index contributed by atoms with van der Waals surface area (Å²) in [5.74, 6) is -1.51. The molecule has 1 amide bonds. The Bertz CT molecular complexity index is 656. The predicted octanol–water partition coefficient (Wildman–Crippen LogP) is 3.06. The summed E-state index contributed by atoms with van der Waals surface area (Å²) >= 11 is 3.32. The minimum absolute atomic E-state index is 0.196. The van der Waals surface area contributed by atoms with E-state index in [-0.39, 0.29) is 12.2 Å². The first-order valence-electron chi connectivity index (χ1n) is 6.48. The SMILES string of the molecule is O=C(COC(=O)c1ccc(F)cc1)NCc1ccc(Br)cc1. The molecule has 6 heteroatoms. The predicted molar refractivity (Wildman–Crippen MR) is 82.7 cm³/mol. The Morgan fingerprint density at radius 2 is 1.68 bits per heavy atom. The summed E-state index contributed by atoms with van der Waals surface area (Å²) in [6.45, 7) is -0.0348. The lowest BCUT2D eigenvalue weighted by atomic mass is 10.2. The van der Waals surface area contributed by atoms with Gasteiger partial charge in [-0.3, -0.25) is 4.79 Å². The van der Waals surface area contributed by atoms with Crippen molar-refractivity contribution in [2.75, 3.05) is 6.61 Å². The minimum atomic E-state index is -0.668. The van der Waals surface area contributed by atoms with E-state index >= 15 is 0 Å². The summed E-state index contributed by atoms with van der Waals surface area (Å²) in [4.78, 5) is 23.3. The molecule has 0 fully saturated rings. The van der Waals surface area contributed by atoms with Crippen LogP contribution < -0.4 is 5.32 Å². The van der Waals surface area contributed by atoms with Crippen LogP contribution in [0.2, 0.25) is 0 Å². The smallest absolute Gasteiger partial charge is 0.338 e. The molecule has 0 aromatic heterocycles. The van der Waals surface area contributed by atoms with Crippen LogP contribution in [0.25, 0.3) is 0 Å². The molecule has 0 heterocycles. The number of rotatable bonds is 5. The van der Waals surface area contributed by atoms with Gasteiger partial charge >= 0.3 is 5.97 Å². The van der Waals surface area contributed by atoms with Crippen molar-refractivity contribution in [1.29, 1.82) is 0 Å². The van der Waals surface area contributed by atoms with Gasteiger partial charge in [0.1, 0.15) is 5.82 Å². The zero-order valence-corrected chi connectivity index (χ0v) is 13.1. The van der Waals surface area contributed by atoms with E-state index in [1.165, 1.54) is 12.1 Å². The Hall–Kier alpha value is -2.21. The Kier molecular flexibility index (Phi) is 5.66. The Labute approximate surface area is 135 Å². The molecule has 0 aliphatic heterocycles. The molecule has 0 atom stereocenters. The van der Waals surface area contributed by atoms with Crippen molar-refractivity contribution in [2.24, 2.45) is 0 Å². The van der Waals surface area contributed by atoms with Gasteiger partial charge in [0, 0.05) is 11.0 Å². The molecule has 114 valence electrons. The van der Waals surface area contributed by atoms with E-state index in [1.54, 1.807) is 0 Å². The van der Waals surface area contributed by atoms with Crippen LogP contribution in [0.3, 0.4) is 0 Å². The van der Waals surface area contributed by atoms with Gasteiger partial charge in [0.2, 0.25) is 0 Å². The summed E-state index contributed by atoms with van der Waals surface area (Å²) in [6, 6.07) is 12.4. The fourth-order valence-corrected chi connectivity index (χ4v) is 1.92. The van der Waals surface area contributed by atoms with Crippen molar-refractivity contribution in [2.45, 2.75) is 6.54 Å². The number of nitrogens with one attached hydrogen (secondary N) is 1. The van der Waals surface area contributed by atoms with Gasteiger partial charge in [-0.2, -0.15) is 0 Å². The molecule has 4 nitrogen and oxygen atoms in total. The molecular weight excluding hydrogens is 353 g/mol. The topological polar surface area (TPSA) is 55.4 Å². The molecule has 22 heavy (non-hydrogen) atoms. The molecule has 0 bridgehead atoms. The highest BCUT2D eigenvalue weighted by atomic mass is 79.9. The average Bonchev–Trinajstić information content (AvgIpc) is 2.52. The zero-order valence-electron chi connectivity index (χ0n) is 11.5. The van der Waals surface area contributed by atoms with Gasteiger partial charge in [-0.05, 0) is 42.0 Å². The van der Waals surface area contributed by atoms with Gasteiger partial charge in [-0.15, -0.1) is 0 Å². The number of hydrogen-bond acceptors (Lipinski definition) is 3. The highest BCUT2D eigenvalue weighted by Gasteiger charge is 2.10. The van der Waals surface area contributed by atoms with Gasteiger partial charge in [0.05, 0.1) is 5.56 Å². The maximum atomic E-state index is 12.7. The van der Waals surface area contributed by atoms with Gasteiger partial charge in [-0.25, -0.2) is 9.18 Å².